The van der Waals surface area contributed by atoms with Gasteiger partial charge < -0.3 is 9.15 Å². The zero-order chi connectivity index (χ0) is 9.80. The van der Waals surface area contributed by atoms with Gasteiger partial charge in [0.1, 0.15) is 5.58 Å². The van der Waals surface area contributed by atoms with Gasteiger partial charge in [-0.25, -0.2) is 4.79 Å². The Labute approximate surface area is 81.3 Å². The number of furan rings is 1. The van der Waals surface area contributed by atoms with Gasteiger partial charge in [0, 0.05) is 11.8 Å². The van der Waals surface area contributed by atoms with E-state index in [2.05, 4.69) is 4.74 Å². The van der Waals surface area contributed by atoms with Gasteiger partial charge in [0.2, 0.25) is 0 Å². The van der Waals surface area contributed by atoms with E-state index in [0.29, 0.717) is 13.0 Å². The fourth-order valence-corrected chi connectivity index (χ4v) is 1.48. The van der Waals surface area contributed by atoms with Crippen LogP contribution in [0.1, 0.15) is 5.56 Å². The first-order valence-electron chi connectivity index (χ1n) is 4.36. The van der Waals surface area contributed by atoms with Crippen molar-refractivity contribution in [2.75, 3.05) is 6.61 Å². The SMILES string of the molecule is O=[C]OCCc1cccc2occc12. The third-order valence-electron chi connectivity index (χ3n) is 2.12. The third-order valence-corrected chi connectivity index (χ3v) is 2.12. The molecule has 14 heavy (non-hydrogen) atoms. The summed E-state index contributed by atoms with van der Waals surface area (Å²) < 4.78 is 9.77. The zero-order valence-corrected chi connectivity index (χ0v) is 7.53. The summed E-state index contributed by atoms with van der Waals surface area (Å²) >= 11 is 0. The van der Waals surface area contributed by atoms with E-state index in [1.807, 2.05) is 24.3 Å². The molecule has 1 aromatic heterocycles. The van der Waals surface area contributed by atoms with Crippen LogP contribution in [0.25, 0.3) is 11.0 Å². The second kappa shape index (κ2) is 3.96. The Kier molecular flexibility index (Phi) is 2.49. The van der Waals surface area contributed by atoms with Gasteiger partial charge in [-0.3, -0.25) is 0 Å². The smallest absolute Gasteiger partial charge is 0.417 e. The standard InChI is InChI=1S/C11H9O3/c12-8-13-6-4-9-2-1-3-11-10(9)5-7-14-11/h1-3,5,7H,4,6H2. The highest BCUT2D eigenvalue weighted by Gasteiger charge is 2.02. The Morgan fingerprint density at radius 2 is 2.29 bits per heavy atom. The Balaban J connectivity index is 2.23. The molecule has 0 amide bonds. The molecular formula is C11H9O3. The van der Waals surface area contributed by atoms with Crippen LogP contribution in [0.4, 0.5) is 0 Å². The molecule has 2 rings (SSSR count). The third kappa shape index (κ3) is 1.62. The highest BCUT2D eigenvalue weighted by atomic mass is 16.5. The lowest BCUT2D eigenvalue weighted by Crippen LogP contribution is -1.96. The van der Waals surface area contributed by atoms with Crippen LogP contribution in [-0.2, 0) is 16.0 Å². The number of rotatable bonds is 4. The van der Waals surface area contributed by atoms with Crippen LogP contribution >= 0.6 is 0 Å². The Hall–Kier alpha value is -1.77. The lowest BCUT2D eigenvalue weighted by Gasteiger charge is -2.00. The monoisotopic (exact) mass is 189 g/mol. The fraction of sp³-hybridized carbons (Fsp3) is 0.182. The number of hydrogen-bond donors (Lipinski definition) is 0. The summed E-state index contributed by atoms with van der Waals surface area (Å²) in [4.78, 5) is 9.84. The molecule has 1 radical (unpaired) electrons. The Morgan fingerprint density at radius 1 is 1.36 bits per heavy atom. The van der Waals surface area contributed by atoms with Crippen LogP contribution in [0.3, 0.4) is 0 Å². The van der Waals surface area contributed by atoms with Crippen molar-refractivity contribution in [1.29, 1.82) is 0 Å². The van der Waals surface area contributed by atoms with Gasteiger partial charge in [-0.15, -0.1) is 0 Å². The maximum atomic E-state index is 9.84. The van der Waals surface area contributed by atoms with Crippen molar-refractivity contribution in [3.8, 4) is 0 Å². The van der Waals surface area contributed by atoms with Gasteiger partial charge in [-0.1, -0.05) is 12.1 Å². The maximum absolute atomic E-state index is 9.84. The molecule has 0 bridgehead atoms. The average Bonchev–Trinajstić information content (AvgIpc) is 2.67. The Morgan fingerprint density at radius 3 is 3.14 bits per heavy atom. The average molecular weight is 189 g/mol. The number of hydrogen-bond acceptors (Lipinski definition) is 3. The summed E-state index contributed by atoms with van der Waals surface area (Å²) in [5.41, 5.74) is 1.98. The lowest BCUT2D eigenvalue weighted by atomic mass is 10.1. The quantitative estimate of drug-likeness (QED) is 0.691. The van der Waals surface area contributed by atoms with Gasteiger partial charge in [0.25, 0.3) is 0 Å². The molecule has 0 unspecified atom stereocenters. The fourth-order valence-electron chi connectivity index (χ4n) is 1.48. The molecule has 0 atom stereocenters. The lowest BCUT2D eigenvalue weighted by molar-refractivity contribution is 0.282. The minimum atomic E-state index is 0.355. The highest BCUT2D eigenvalue weighted by Crippen LogP contribution is 2.19. The molecule has 3 heteroatoms. The predicted molar refractivity (Wildman–Crippen MR) is 51.6 cm³/mol. The minimum Gasteiger partial charge on any atom is -0.464 e. The zero-order valence-electron chi connectivity index (χ0n) is 7.53. The van der Waals surface area contributed by atoms with E-state index in [-0.39, 0.29) is 0 Å². The molecule has 1 heterocycles. The highest BCUT2D eigenvalue weighted by molar-refractivity contribution is 5.80. The van der Waals surface area contributed by atoms with Crippen molar-refractivity contribution in [2.45, 2.75) is 6.42 Å². The van der Waals surface area contributed by atoms with Gasteiger partial charge in [0.05, 0.1) is 12.9 Å². The molecule has 0 saturated heterocycles. The van der Waals surface area contributed by atoms with Crippen molar-refractivity contribution in [3.05, 3.63) is 36.1 Å². The van der Waals surface area contributed by atoms with Crippen molar-refractivity contribution < 1.29 is 13.9 Å². The van der Waals surface area contributed by atoms with Crippen LogP contribution in [0, 0.1) is 0 Å². The van der Waals surface area contributed by atoms with Crippen LogP contribution in [0.2, 0.25) is 0 Å². The molecule has 1 aromatic carbocycles. The van der Waals surface area contributed by atoms with E-state index in [1.165, 1.54) is 6.47 Å². The number of benzene rings is 1. The van der Waals surface area contributed by atoms with Crippen molar-refractivity contribution in [2.24, 2.45) is 0 Å². The van der Waals surface area contributed by atoms with E-state index in [1.54, 1.807) is 6.26 Å². The normalized spacial score (nSPS) is 10.3. The van der Waals surface area contributed by atoms with Gasteiger partial charge in [-0.05, 0) is 17.7 Å². The molecule has 0 fully saturated rings. The summed E-state index contributed by atoms with van der Waals surface area (Å²) in [7, 11) is 0. The van der Waals surface area contributed by atoms with E-state index in [9.17, 15) is 4.79 Å². The molecular weight excluding hydrogens is 180 g/mol. The molecule has 3 nitrogen and oxygen atoms in total. The van der Waals surface area contributed by atoms with Gasteiger partial charge in [-0.2, -0.15) is 0 Å². The van der Waals surface area contributed by atoms with Crippen LogP contribution in [0.5, 0.6) is 0 Å². The second-order valence-electron chi connectivity index (χ2n) is 2.93. The maximum Gasteiger partial charge on any atom is 0.417 e. The van der Waals surface area contributed by atoms with Crippen LogP contribution in [0.15, 0.2) is 34.9 Å². The molecule has 0 N–H and O–H groups in total. The molecule has 71 valence electrons. The summed E-state index contributed by atoms with van der Waals surface area (Å²) in [5.74, 6) is 0. The largest absolute Gasteiger partial charge is 0.464 e. The first kappa shape index (κ1) is 8.81. The molecule has 0 spiro atoms. The summed E-state index contributed by atoms with van der Waals surface area (Å²) in [6, 6.07) is 7.73. The van der Waals surface area contributed by atoms with Crippen LogP contribution in [-0.4, -0.2) is 13.1 Å². The number of ether oxygens (including phenoxy) is 1. The summed E-state index contributed by atoms with van der Waals surface area (Å²) in [6.45, 7) is 1.76. The molecule has 0 aliphatic heterocycles. The van der Waals surface area contributed by atoms with Crippen LogP contribution < -0.4 is 0 Å². The first-order valence-corrected chi connectivity index (χ1v) is 4.36. The second-order valence-corrected chi connectivity index (χ2v) is 2.93. The van der Waals surface area contributed by atoms with E-state index in [4.69, 9.17) is 4.42 Å². The van der Waals surface area contributed by atoms with E-state index in [0.717, 1.165) is 16.5 Å². The first-order chi connectivity index (χ1) is 6.92. The molecule has 0 saturated carbocycles. The van der Waals surface area contributed by atoms with Gasteiger partial charge >= 0.3 is 6.47 Å². The predicted octanol–water partition coefficient (Wildman–Crippen LogP) is 2.06. The van der Waals surface area contributed by atoms with E-state index < -0.39 is 0 Å². The number of carbonyl (C=O) groups excluding carboxylic acids is 1. The van der Waals surface area contributed by atoms with Gasteiger partial charge in [0.15, 0.2) is 0 Å². The van der Waals surface area contributed by atoms with Crippen molar-refractivity contribution in [3.63, 3.8) is 0 Å². The van der Waals surface area contributed by atoms with E-state index >= 15 is 0 Å². The number of fused-ring (bicyclic) bond motifs is 1. The summed E-state index contributed by atoms with van der Waals surface area (Å²) in [5, 5.41) is 1.07. The summed E-state index contributed by atoms with van der Waals surface area (Å²) in [6.07, 6.45) is 2.34. The molecule has 2 aromatic rings. The minimum absolute atomic E-state index is 0.355. The topological polar surface area (TPSA) is 39.4 Å². The Bertz CT molecular complexity index is 431. The van der Waals surface area contributed by atoms with Crippen molar-refractivity contribution in [1.82, 2.24) is 0 Å². The molecule has 0 aliphatic rings. The van der Waals surface area contributed by atoms with Crippen molar-refractivity contribution >= 4 is 17.4 Å². The molecule has 0 aliphatic carbocycles.